The van der Waals surface area contributed by atoms with E-state index < -0.39 is 5.97 Å². The molecule has 1 fully saturated rings. The van der Waals surface area contributed by atoms with Crippen molar-refractivity contribution >= 4 is 23.5 Å². The Labute approximate surface area is 188 Å². The highest BCUT2D eigenvalue weighted by atomic mass is 16.5. The van der Waals surface area contributed by atoms with Crippen LogP contribution in [0.25, 0.3) is 0 Å². The summed E-state index contributed by atoms with van der Waals surface area (Å²) in [5, 5.41) is 6.00. The molecule has 8 heteroatoms. The molecule has 1 heterocycles. The molecule has 1 aliphatic rings. The number of rotatable bonds is 6. The number of aliphatic imine (C=N–C) groups is 1. The van der Waals surface area contributed by atoms with Gasteiger partial charge in [-0.1, -0.05) is 12.1 Å². The van der Waals surface area contributed by atoms with E-state index in [-0.39, 0.29) is 5.91 Å². The van der Waals surface area contributed by atoms with Gasteiger partial charge in [-0.25, -0.2) is 4.79 Å². The lowest BCUT2D eigenvalue weighted by atomic mass is 10.1. The highest BCUT2D eigenvalue weighted by molar-refractivity contribution is 6.10. The Bertz CT molecular complexity index is 984. The van der Waals surface area contributed by atoms with Crippen molar-refractivity contribution in [2.24, 2.45) is 4.99 Å². The molecule has 1 amide bonds. The molecule has 3 rings (SSSR count). The number of ether oxygens (including phenoxy) is 2. The minimum Gasteiger partial charge on any atom is -0.465 e. The zero-order chi connectivity index (χ0) is 22.9. The second kappa shape index (κ2) is 11.4. The molecule has 0 saturated carbocycles. The molecular formula is C24H30N4O4. The van der Waals surface area contributed by atoms with Crippen LogP contribution in [-0.4, -0.2) is 69.2 Å². The Morgan fingerprint density at radius 1 is 1.06 bits per heavy atom. The molecule has 0 aliphatic carbocycles. The predicted octanol–water partition coefficient (Wildman–Crippen LogP) is 2.62. The lowest BCUT2D eigenvalue weighted by Crippen LogP contribution is -2.39. The fraction of sp³-hybridized carbons (Fsp3) is 0.375. The Hall–Kier alpha value is -3.23. The number of aryl methyl sites for hydroxylation is 2. The smallest absolute Gasteiger partial charge is 0.337 e. The van der Waals surface area contributed by atoms with E-state index in [1.807, 2.05) is 26.0 Å². The summed E-state index contributed by atoms with van der Waals surface area (Å²) in [6, 6.07) is 12.4. The first-order valence-corrected chi connectivity index (χ1v) is 10.6. The second-order valence-electron chi connectivity index (χ2n) is 7.63. The molecule has 1 aliphatic heterocycles. The summed E-state index contributed by atoms with van der Waals surface area (Å²) in [5.41, 5.74) is 3.75. The van der Waals surface area contributed by atoms with Gasteiger partial charge in [-0.3, -0.25) is 20.0 Å². The Balaban J connectivity index is 1.75. The number of hydrogen-bond donors (Lipinski definition) is 2. The SMILES string of the molecule is COC(=O)c1cccc(NC(=NCCN2CCOCC2)NC(=O)c2ccc(C)c(C)c2)c1. The van der Waals surface area contributed by atoms with Crippen molar-refractivity contribution in [3.8, 4) is 0 Å². The second-order valence-corrected chi connectivity index (χ2v) is 7.63. The normalized spacial score (nSPS) is 14.7. The Morgan fingerprint density at radius 2 is 1.84 bits per heavy atom. The van der Waals surface area contributed by atoms with Crippen LogP contribution in [0.3, 0.4) is 0 Å². The van der Waals surface area contributed by atoms with Crippen molar-refractivity contribution in [2.75, 3.05) is 51.8 Å². The van der Waals surface area contributed by atoms with E-state index in [0.717, 1.165) is 44.0 Å². The van der Waals surface area contributed by atoms with Gasteiger partial charge in [0.15, 0.2) is 0 Å². The van der Waals surface area contributed by atoms with Gasteiger partial charge in [-0.05, 0) is 55.3 Å². The van der Waals surface area contributed by atoms with Crippen LogP contribution in [0.2, 0.25) is 0 Å². The third-order valence-electron chi connectivity index (χ3n) is 5.34. The highest BCUT2D eigenvalue weighted by Gasteiger charge is 2.13. The molecule has 32 heavy (non-hydrogen) atoms. The summed E-state index contributed by atoms with van der Waals surface area (Å²) >= 11 is 0. The number of nitrogens with zero attached hydrogens (tertiary/aromatic N) is 2. The minimum absolute atomic E-state index is 0.255. The third-order valence-corrected chi connectivity index (χ3v) is 5.34. The van der Waals surface area contributed by atoms with Gasteiger partial charge in [0.1, 0.15) is 0 Å². The highest BCUT2D eigenvalue weighted by Crippen LogP contribution is 2.13. The number of morpholine rings is 1. The zero-order valence-electron chi connectivity index (χ0n) is 18.8. The molecule has 2 aromatic carbocycles. The van der Waals surface area contributed by atoms with Crippen molar-refractivity contribution in [2.45, 2.75) is 13.8 Å². The molecule has 0 spiro atoms. The number of carbonyl (C=O) groups excluding carboxylic acids is 2. The Morgan fingerprint density at radius 3 is 2.56 bits per heavy atom. The number of nitrogens with one attached hydrogen (secondary N) is 2. The van der Waals surface area contributed by atoms with E-state index in [4.69, 9.17) is 9.47 Å². The van der Waals surface area contributed by atoms with Crippen molar-refractivity contribution in [3.05, 3.63) is 64.7 Å². The number of esters is 1. The summed E-state index contributed by atoms with van der Waals surface area (Å²) in [7, 11) is 1.34. The first-order chi connectivity index (χ1) is 15.5. The summed E-state index contributed by atoms with van der Waals surface area (Å²) in [6.45, 7) is 8.42. The first-order valence-electron chi connectivity index (χ1n) is 10.6. The van der Waals surface area contributed by atoms with E-state index in [1.54, 1.807) is 30.3 Å². The minimum atomic E-state index is -0.432. The molecule has 1 saturated heterocycles. The number of guanidine groups is 1. The topological polar surface area (TPSA) is 92.3 Å². The molecule has 0 atom stereocenters. The van der Waals surface area contributed by atoms with E-state index in [2.05, 4.69) is 20.5 Å². The van der Waals surface area contributed by atoms with E-state index >= 15 is 0 Å². The van der Waals surface area contributed by atoms with E-state index in [0.29, 0.717) is 29.3 Å². The van der Waals surface area contributed by atoms with Gasteiger partial charge in [0.05, 0.1) is 32.4 Å². The van der Waals surface area contributed by atoms with Crippen LogP contribution < -0.4 is 10.6 Å². The molecule has 170 valence electrons. The van der Waals surface area contributed by atoms with Gasteiger partial charge in [-0.2, -0.15) is 0 Å². The summed E-state index contributed by atoms with van der Waals surface area (Å²) in [6.07, 6.45) is 0. The molecule has 2 N–H and O–H groups in total. The average Bonchev–Trinajstić information content (AvgIpc) is 2.81. The monoisotopic (exact) mass is 438 g/mol. The molecular weight excluding hydrogens is 408 g/mol. The zero-order valence-corrected chi connectivity index (χ0v) is 18.8. The van der Waals surface area contributed by atoms with Crippen LogP contribution in [-0.2, 0) is 9.47 Å². The van der Waals surface area contributed by atoms with Crippen molar-refractivity contribution in [3.63, 3.8) is 0 Å². The maximum absolute atomic E-state index is 12.9. The molecule has 0 unspecified atom stereocenters. The fourth-order valence-electron chi connectivity index (χ4n) is 3.28. The van der Waals surface area contributed by atoms with Crippen LogP contribution in [0.4, 0.5) is 5.69 Å². The standard InChI is InChI=1S/C24H30N4O4/c1-17-7-8-19(15-18(17)2)22(29)27-24(25-9-10-28-11-13-32-14-12-28)26-21-6-4-5-20(16-21)23(30)31-3/h4-8,15-16H,9-14H2,1-3H3,(H2,25,26,27,29). The van der Waals surface area contributed by atoms with Crippen LogP contribution in [0.15, 0.2) is 47.5 Å². The van der Waals surface area contributed by atoms with E-state index in [9.17, 15) is 9.59 Å². The number of anilines is 1. The maximum atomic E-state index is 12.9. The fourth-order valence-corrected chi connectivity index (χ4v) is 3.28. The first kappa shape index (κ1) is 23.4. The van der Waals surface area contributed by atoms with Crippen LogP contribution in [0, 0.1) is 13.8 Å². The number of hydrogen-bond acceptors (Lipinski definition) is 6. The maximum Gasteiger partial charge on any atom is 0.337 e. The molecule has 0 radical (unpaired) electrons. The number of methoxy groups -OCH3 is 1. The quantitative estimate of drug-likeness (QED) is 0.409. The molecule has 8 nitrogen and oxygen atoms in total. The number of amides is 1. The Kier molecular flexibility index (Phi) is 8.35. The molecule has 0 aromatic heterocycles. The van der Waals surface area contributed by atoms with Crippen LogP contribution >= 0.6 is 0 Å². The van der Waals surface area contributed by atoms with Gasteiger partial charge in [-0.15, -0.1) is 0 Å². The van der Waals surface area contributed by atoms with E-state index in [1.165, 1.54) is 7.11 Å². The summed E-state index contributed by atoms with van der Waals surface area (Å²) in [4.78, 5) is 31.6. The molecule has 2 aromatic rings. The van der Waals surface area contributed by atoms with Gasteiger partial charge < -0.3 is 14.8 Å². The van der Waals surface area contributed by atoms with Gasteiger partial charge in [0, 0.05) is 30.9 Å². The van der Waals surface area contributed by atoms with Crippen molar-refractivity contribution in [1.29, 1.82) is 0 Å². The van der Waals surface area contributed by atoms with Crippen molar-refractivity contribution in [1.82, 2.24) is 10.2 Å². The third kappa shape index (κ3) is 6.63. The lowest BCUT2D eigenvalue weighted by Gasteiger charge is -2.25. The van der Waals surface area contributed by atoms with Gasteiger partial charge in [0.2, 0.25) is 5.96 Å². The largest absolute Gasteiger partial charge is 0.465 e. The van der Waals surface area contributed by atoms with Crippen molar-refractivity contribution < 1.29 is 19.1 Å². The number of carbonyl (C=O) groups is 2. The van der Waals surface area contributed by atoms with Gasteiger partial charge in [0.25, 0.3) is 5.91 Å². The van der Waals surface area contributed by atoms with Crippen LogP contribution in [0.5, 0.6) is 0 Å². The summed E-state index contributed by atoms with van der Waals surface area (Å²) in [5.74, 6) is -0.364. The van der Waals surface area contributed by atoms with Crippen LogP contribution in [0.1, 0.15) is 31.8 Å². The lowest BCUT2D eigenvalue weighted by molar-refractivity contribution is 0.0394. The predicted molar refractivity (Wildman–Crippen MR) is 124 cm³/mol. The molecule has 0 bridgehead atoms. The van der Waals surface area contributed by atoms with Gasteiger partial charge >= 0.3 is 5.97 Å². The summed E-state index contributed by atoms with van der Waals surface area (Å²) < 4.78 is 10.2. The number of benzene rings is 2. The average molecular weight is 439 g/mol.